The van der Waals surface area contributed by atoms with Crippen LogP contribution in [0.5, 0.6) is 0 Å². The van der Waals surface area contributed by atoms with Crippen LogP contribution in [-0.4, -0.2) is 20.2 Å². The van der Waals surface area contributed by atoms with E-state index in [4.69, 9.17) is 0 Å². The summed E-state index contributed by atoms with van der Waals surface area (Å²) in [5.41, 5.74) is 2.51. The van der Waals surface area contributed by atoms with E-state index in [-0.39, 0.29) is 14.7 Å². The van der Waals surface area contributed by atoms with Gasteiger partial charge in [-0.2, -0.15) is 0 Å². The van der Waals surface area contributed by atoms with E-state index in [9.17, 15) is 4.89 Å². The molecule has 2 aromatic heterocycles. The molecule has 86 valence electrons. The van der Waals surface area contributed by atoms with Gasteiger partial charge in [-0.3, -0.25) is 0 Å². The highest BCUT2D eigenvalue weighted by Gasteiger charge is 2.18. The molecule has 0 bridgehead atoms. The molecule has 0 aliphatic rings. The van der Waals surface area contributed by atoms with E-state index in [1.807, 2.05) is 38.6 Å². The third kappa shape index (κ3) is 2.06. The van der Waals surface area contributed by atoms with Crippen molar-refractivity contribution in [2.24, 2.45) is 14.1 Å². The van der Waals surface area contributed by atoms with E-state index in [0.29, 0.717) is 0 Å². The molecule has 1 N–H and O–H groups in total. The van der Waals surface area contributed by atoms with Crippen LogP contribution in [0.25, 0.3) is 0 Å². The Labute approximate surface area is 97.6 Å². The van der Waals surface area contributed by atoms with E-state index in [1.54, 1.807) is 0 Å². The van der Waals surface area contributed by atoms with Crippen molar-refractivity contribution >= 4 is 8.81 Å². The second-order valence-electron chi connectivity index (χ2n) is 4.00. The third-order valence-corrected chi connectivity index (χ3v) is 3.57. The van der Waals surface area contributed by atoms with Crippen molar-refractivity contribution in [2.75, 3.05) is 6.16 Å². The zero-order valence-corrected chi connectivity index (χ0v) is 10.6. The molecule has 4 heteroatoms. The molecular formula is C12H17N2OP. The largest absolute Gasteiger partial charge is 0.377 e. The minimum atomic E-state index is -0.0198. The molecule has 0 saturated carbocycles. The lowest BCUT2D eigenvalue weighted by molar-refractivity contribution is 0.631. The standard InChI is InChI=1S/C12H17N2OP/c1-13-7-3-5-11(13)10(9-16-15)12-6-4-8-14(12)2/h3-8,10,15-16H,9H2,1-2H3. The Bertz CT molecular complexity index is 421. The molecule has 0 radical (unpaired) electrons. The predicted molar refractivity (Wildman–Crippen MR) is 68.1 cm³/mol. The summed E-state index contributed by atoms with van der Waals surface area (Å²) >= 11 is 0. The first-order chi connectivity index (χ1) is 7.74. The fourth-order valence-electron chi connectivity index (χ4n) is 2.12. The van der Waals surface area contributed by atoms with Gasteiger partial charge in [0.1, 0.15) is 0 Å². The summed E-state index contributed by atoms with van der Waals surface area (Å²) in [7, 11) is 4.07. The van der Waals surface area contributed by atoms with Crippen LogP contribution in [-0.2, 0) is 14.1 Å². The fraction of sp³-hybridized carbons (Fsp3) is 0.333. The quantitative estimate of drug-likeness (QED) is 0.809. The maximum absolute atomic E-state index is 9.23. The Kier molecular flexibility index (Phi) is 3.47. The molecule has 2 heterocycles. The number of hydrogen-bond acceptors (Lipinski definition) is 1. The van der Waals surface area contributed by atoms with Gasteiger partial charge < -0.3 is 14.0 Å². The van der Waals surface area contributed by atoms with E-state index in [1.165, 1.54) is 11.4 Å². The van der Waals surface area contributed by atoms with Gasteiger partial charge in [0, 0.05) is 58.8 Å². The van der Waals surface area contributed by atoms with Crippen LogP contribution in [0.3, 0.4) is 0 Å². The average Bonchev–Trinajstić information content (AvgIpc) is 2.84. The molecule has 1 unspecified atom stereocenters. The molecule has 0 spiro atoms. The summed E-state index contributed by atoms with van der Waals surface area (Å²) in [6.07, 6.45) is 4.88. The third-order valence-electron chi connectivity index (χ3n) is 2.98. The minimum Gasteiger partial charge on any atom is -0.377 e. The molecule has 0 aromatic carbocycles. The maximum atomic E-state index is 9.23. The van der Waals surface area contributed by atoms with Crippen LogP contribution in [0, 0.1) is 0 Å². The summed E-state index contributed by atoms with van der Waals surface area (Å²) in [5.74, 6) is 0.281. The molecular weight excluding hydrogens is 219 g/mol. The second kappa shape index (κ2) is 4.86. The van der Waals surface area contributed by atoms with Crippen molar-refractivity contribution in [1.82, 2.24) is 9.13 Å². The Hall–Kier alpha value is -1.05. The van der Waals surface area contributed by atoms with Crippen LogP contribution in [0.15, 0.2) is 36.7 Å². The molecule has 0 aliphatic heterocycles. The van der Waals surface area contributed by atoms with Gasteiger partial charge in [0.15, 0.2) is 0 Å². The van der Waals surface area contributed by atoms with Crippen LogP contribution in [0.2, 0.25) is 0 Å². The summed E-state index contributed by atoms with van der Waals surface area (Å²) in [6.45, 7) is 0. The normalized spacial score (nSPS) is 12.0. The van der Waals surface area contributed by atoms with Crippen LogP contribution in [0.1, 0.15) is 17.3 Å². The van der Waals surface area contributed by atoms with E-state index in [2.05, 4.69) is 21.3 Å². The highest BCUT2D eigenvalue weighted by atomic mass is 31.1. The molecule has 3 nitrogen and oxygen atoms in total. The van der Waals surface area contributed by atoms with Crippen LogP contribution >= 0.6 is 8.81 Å². The molecule has 16 heavy (non-hydrogen) atoms. The zero-order chi connectivity index (χ0) is 11.5. The Morgan fingerprint density at radius 3 is 1.94 bits per heavy atom. The van der Waals surface area contributed by atoms with Crippen molar-refractivity contribution in [3.63, 3.8) is 0 Å². The van der Waals surface area contributed by atoms with Crippen LogP contribution in [0.4, 0.5) is 0 Å². The van der Waals surface area contributed by atoms with Gasteiger partial charge in [-0.15, -0.1) is 0 Å². The Morgan fingerprint density at radius 1 is 1.12 bits per heavy atom. The van der Waals surface area contributed by atoms with Gasteiger partial charge in [-0.05, 0) is 24.3 Å². The summed E-state index contributed by atoms with van der Waals surface area (Å²) in [6, 6.07) is 8.34. The second-order valence-corrected chi connectivity index (χ2v) is 4.73. The number of hydrogen-bond donors (Lipinski definition) is 1. The topological polar surface area (TPSA) is 30.1 Å². The van der Waals surface area contributed by atoms with Crippen molar-refractivity contribution < 1.29 is 4.89 Å². The first-order valence-corrected chi connectivity index (χ1v) is 6.49. The predicted octanol–water partition coefficient (Wildman–Crippen LogP) is 2.08. The van der Waals surface area contributed by atoms with Crippen molar-refractivity contribution in [2.45, 2.75) is 5.92 Å². The van der Waals surface area contributed by atoms with Gasteiger partial charge in [0.05, 0.1) is 0 Å². The Balaban J connectivity index is 2.39. The number of rotatable bonds is 4. The lowest BCUT2D eigenvalue weighted by atomic mass is 10.0. The van der Waals surface area contributed by atoms with Gasteiger partial charge in [0.2, 0.25) is 0 Å². The maximum Gasteiger partial charge on any atom is 0.0453 e. The lowest BCUT2D eigenvalue weighted by Gasteiger charge is -2.18. The average molecular weight is 236 g/mol. The first-order valence-electron chi connectivity index (χ1n) is 5.33. The van der Waals surface area contributed by atoms with Crippen molar-refractivity contribution in [3.05, 3.63) is 48.0 Å². The fourth-order valence-corrected chi connectivity index (χ4v) is 2.73. The summed E-state index contributed by atoms with van der Waals surface area (Å²) in [5, 5.41) is 0. The van der Waals surface area contributed by atoms with E-state index < -0.39 is 0 Å². The number of aryl methyl sites for hydroxylation is 2. The summed E-state index contributed by atoms with van der Waals surface area (Å²) in [4.78, 5) is 9.23. The molecule has 0 aliphatic carbocycles. The van der Waals surface area contributed by atoms with Gasteiger partial charge in [-0.1, -0.05) is 0 Å². The van der Waals surface area contributed by atoms with Gasteiger partial charge in [-0.25, -0.2) is 0 Å². The van der Waals surface area contributed by atoms with Gasteiger partial charge >= 0.3 is 0 Å². The molecule has 0 amide bonds. The summed E-state index contributed by atoms with van der Waals surface area (Å²) < 4.78 is 4.25. The molecule has 2 rings (SSSR count). The smallest absolute Gasteiger partial charge is 0.0453 e. The van der Waals surface area contributed by atoms with Crippen molar-refractivity contribution in [1.29, 1.82) is 0 Å². The monoisotopic (exact) mass is 236 g/mol. The highest BCUT2D eigenvalue weighted by Crippen LogP contribution is 2.29. The molecule has 2 aromatic rings. The highest BCUT2D eigenvalue weighted by molar-refractivity contribution is 7.31. The molecule has 1 atom stereocenters. The van der Waals surface area contributed by atoms with E-state index >= 15 is 0 Å². The lowest BCUT2D eigenvalue weighted by Crippen LogP contribution is -2.11. The minimum absolute atomic E-state index is 0.0198. The van der Waals surface area contributed by atoms with Crippen LogP contribution < -0.4 is 0 Å². The zero-order valence-electron chi connectivity index (χ0n) is 9.59. The molecule has 0 saturated heterocycles. The van der Waals surface area contributed by atoms with Gasteiger partial charge in [0.25, 0.3) is 0 Å². The SMILES string of the molecule is Cn1cccc1C(CPO)c1cccn1C. The number of nitrogens with zero attached hydrogens (tertiary/aromatic N) is 2. The molecule has 0 fully saturated rings. The first kappa shape index (κ1) is 11.4. The number of aromatic nitrogens is 2. The van der Waals surface area contributed by atoms with E-state index in [0.717, 1.165) is 6.16 Å². The van der Waals surface area contributed by atoms with Crippen molar-refractivity contribution in [3.8, 4) is 0 Å². The Morgan fingerprint density at radius 2 is 1.62 bits per heavy atom.